The van der Waals surface area contributed by atoms with E-state index in [1.54, 1.807) is 20.8 Å². The van der Waals surface area contributed by atoms with Crippen LogP contribution < -0.4 is 10.6 Å². The number of carboxylic acid groups (broad SMARTS) is 1. The standard InChI is InChI=1S/C23H21F2N5O2S.CH2O2/c1-23(2,3)32-22(31)30-21-29-18(19-20(28-19)33-21)14-8-12(4-6-15(14)24)9-16(25)17-7-5-13(10-26)11-27-17;2-1-3/h4-9,11,18-20,28H,1-3H3,(H,29,30,31);1H,(H,2,3)/b16-9-;. The van der Waals surface area contributed by atoms with E-state index in [1.807, 2.05) is 6.07 Å². The van der Waals surface area contributed by atoms with Gasteiger partial charge in [-0.25, -0.2) is 13.6 Å². The van der Waals surface area contributed by atoms with E-state index >= 15 is 0 Å². The summed E-state index contributed by atoms with van der Waals surface area (Å²) in [7, 11) is 0. The molecule has 2 aliphatic rings. The predicted molar refractivity (Wildman–Crippen MR) is 131 cm³/mol. The van der Waals surface area contributed by atoms with Gasteiger partial charge in [0.25, 0.3) is 6.47 Å². The molecule has 1 aromatic carbocycles. The number of amidine groups is 1. The Hall–Kier alpha value is -3.82. The molecule has 0 aliphatic carbocycles. The first-order valence-corrected chi connectivity index (χ1v) is 11.5. The minimum Gasteiger partial charge on any atom is -0.483 e. The lowest BCUT2D eigenvalue weighted by Gasteiger charge is -2.22. The van der Waals surface area contributed by atoms with Gasteiger partial charge in [0.15, 0.2) is 5.17 Å². The van der Waals surface area contributed by atoms with Gasteiger partial charge in [-0.05, 0) is 56.7 Å². The van der Waals surface area contributed by atoms with E-state index < -0.39 is 29.4 Å². The number of benzene rings is 1. The normalized spacial score (nSPS) is 20.5. The fourth-order valence-electron chi connectivity index (χ4n) is 3.27. The Labute approximate surface area is 210 Å². The number of thioether (sulfide) groups is 1. The van der Waals surface area contributed by atoms with Crippen LogP contribution in [-0.4, -0.2) is 44.8 Å². The number of ether oxygens (including phenoxy) is 1. The van der Waals surface area contributed by atoms with E-state index in [1.165, 1.54) is 54.4 Å². The fraction of sp³-hybridized carbons (Fsp3) is 0.292. The van der Waals surface area contributed by atoms with Crippen molar-refractivity contribution in [2.75, 3.05) is 0 Å². The SMILES string of the molecule is CC(C)(C)OC(=O)NC1=NC(c2cc(/C=C(\F)c3ccc(C#N)cn3)ccc2F)C2NC2S1.O=CO. The van der Waals surface area contributed by atoms with Crippen molar-refractivity contribution in [3.63, 3.8) is 0 Å². The van der Waals surface area contributed by atoms with E-state index in [2.05, 4.69) is 20.6 Å². The molecular formula is C24H23F2N5O4S. The number of hydrogen-bond donors (Lipinski definition) is 3. The second kappa shape index (κ2) is 11.3. The first-order chi connectivity index (χ1) is 17.0. The quantitative estimate of drug-likeness (QED) is 0.407. The van der Waals surface area contributed by atoms with Crippen LogP contribution in [0.4, 0.5) is 13.6 Å². The van der Waals surface area contributed by atoms with Gasteiger partial charge in [0.1, 0.15) is 23.3 Å². The van der Waals surface area contributed by atoms with Gasteiger partial charge in [0, 0.05) is 11.8 Å². The molecule has 1 saturated heterocycles. The molecule has 1 aromatic heterocycles. The van der Waals surface area contributed by atoms with Gasteiger partial charge in [-0.3, -0.25) is 25.4 Å². The van der Waals surface area contributed by atoms with E-state index in [-0.39, 0.29) is 29.1 Å². The number of halogens is 2. The molecule has 1 fully saturated rings. The molecule has 36 heavy (non-hydrogen) atoms. The van der Waals surface area contributed by atoms with E-state index in [4.69, 9.17) is 19.9 Å². The molecule has 3 unspecified atom stereocenters. The maximum Gasteiger partial charge on any atom is 0.413 e. The van der Waals surface area contributed by atoms with Gasteiger partial charge in [0.2, 0.25) is 0 Å². The summed E-state index contributed by atoms with van der Waals surface area (Å²) in [6, 6.07) is 8.37. The number of fused-ring (bicyclic) bond motifs is 1. The minimum atomic E-state index is -0.662. The molecule has 2 aliphatic heterocycles. The Balaban J connectivity index is 0.00000115. The summed E-state index contributed by atoms with van der Waals surface area (Å²) in [5.74, 6) is -1.09. The number of carbonyl (C=O) groups excluding carboxylic acids is 1. The predicted octanol–water partition coefficient (Wildman–Crippen LogP) is 4.23. The van der Waals surface area contributed by atoms with Crippen molar-refractivity contribution in [3.8, 4) is 6.07 Å². The molecule has 12 heteroatoms. The largest absolute Gasteiger partial charge is 0.483 e. The Morgan fingerprint density at radius 1 is 1.33 bits per heavy atom. The molecule has 4 rings (SSSR count). The molecular weight excluding hydrogens is 492 g/mol. The zero-order valence-corrected chi connectivity index (χ0v) is 20.3. The van der Waals surface area contributed by atoms with Crippen LogP contribution in [0.15, 0.2) is 41.5 Å². The highest BCUT2D eigenvalue weighted by Gasteiger charge is 2.48. The van der Waals surface area contributed by atoms with Gasteiger partial charge < -0.3 is 9.84 Å². The first kappa shape index (κ1) is 26.8. The Bertz CT molecular complexity index is 1240. The lowest BCUT2D eigenvalue weighted by atomic mass is 10.0. The lowest BCUT2D eigenvalue weighted by molar-refractivity contribution is -0.122. The van der Waals surface area contributed by atoms with Gasteiger partial charge in [0.05, 0.1) is 28.7 Å². The second-order valence-electron chi connectivity index (χ2n) is 8.66. The number of pyridine rings is 1. The number of carbonyl (C=O) groups is 2. The van der Waals surface area contributed by atoms with Crippen LogP contribution >= 0.6 is 11.8 Å². The van der Waals surface area contributed by atoms with Crippen molar-refractivity contribution in [1.82, 2.24) is 15.6 Å². The maximum absolute atomic E-state index is 14.7. The average Bonchev–Trinajstić information content (AvgIpc) is 3.59. The van der Waals surface area contributed by atoms with Gasteiger partial charge in [-0.2, -0.15) is 5.26 Å². The Morgan fingerprint density at radius 2 is 2.06 bits per heavy atom. The molecule has 3 N–H and O–H groups in total. The monoisotopic (exact) mass is 515 g/mol. The number of alkyl carbamates (subject to hydrolysis) is 1. The number of nitrogens with zero attached hydrogens (tertiary/aromatic N) is 3. The van der Waals surface area contributed by atoms with Crippen LogP contribution in [0.3, 0.4) is 0 Å². The third kappa shape index (κ3) is 7.10. The number of hydrogen-bond acceptors (Lipinski definition) is 8. The van der Waals surface area contributed by atoms with Gasteiger partial charge in [-0.15, -0.1) is 0 Å². The highest BCUT2D eigenvalue weighted by atomic mass is 32.2. The molecule has 3 heterocycles. The minimum absolute atomic E-state index is 0.0179. The molecule has 0 radical (unpaired) electrons. The summed E-state index contributed by atoms with van der Waals surface area (Å²) < 4.78 is 34.7. The molecule has 188 valence electrons. The summed E-state index contributed by atoms with van der Waals surface area (Å²) in [4.78, 5) is 28.9. The van der Waals surface area contributed by atoms with Crippen molar-refractivity contribution in [3.05, 3.63) is 64.7 Å². The third-order valence-corrected chi connectivity index (χ3v) is 5.90. The van der Waals surface area contributed by atoms with Crippen molar-refractivity contribution < 1.29 is 28.2 Å². The second-order valence-corrected chi connectivity index (χ2v) is 9.79. The smallest absolute Gasteiger partial charge is 0.413 e. The summed E-state index contributed by atoms with van der Waals surface area (Å²) in [5, 5.41) is 21.9. The molecule has 0 bridgehead atoms. The first-order valence-electron chi connectivity index (χ1n) is 10.7. The fourth-order valence-corrected chi connectivity index (χ4v) is 4.35. The van der Waals surface area contributed by atoms with Crippen LogP contribution in [0.1, 0.15) is 49.2 Å². The van der Waals surface area contributed by atoms with Gasteiger partial charge in [-0.1, -0.05) is 17.8 Å². The molecule has 0 spiro atoms. The Morgan fingerprint density at radius 3 is 2.67 bits per heavy atom. The number of nitriles is 1. The zero-order valence-electron chi connectivity index (χ0n) is 19.5. The molecule has 9 nitrogen and oxygen atoms in total. The lowest BCUT2D eigenvalue weighted by Crippen LogP contribution is -2.36. The van der Waals surface area contributed by atoms with Crippen molar-refractivity contribution in [1.29, 1.82) is 5.26 Å². The van der Waals surface area contributed by atoms with Crippen molar-refractivity contribution >= 4 is 41.4 Å². The van der Waals surface area contributed by atoms with Crippen LogP contribution in [0.2, 0.25) is 0 Å². The van der Waals surface area contributed by atoms with Crippen LogP contribution in [0, 0.1) is 17.1 Å². The molecule has 0 saturated carbocycles. The number of nitrogens with one attached hydrogen (secondary N) is 2. The Kier molecular flexibility index (Phi) is 8.39. The maximum atomic E-state index is 14.7. The van der Waals surface area contributed by atoms with Crippen LogP contribution in [0.25, 0.3) is 11.9 Å². The number of aliphatic imine (C=N–C) groups is 1. The molecule has 1 amide bonds. The summed E-state index contributed by atoms with van der Waals surface area (Å²) in [6.07, 6.45) is 1.89. The van der Waals surface area contributed by atoms with Crippen LogP contribution in [-0.2, 0) is 9.53 Å². The molecule has 3 atom stereocenters. The number of amides is 1. The van der Waals surface area contributed by atoms with Crippen molar-refractivity contribution in [2.24, 2.45) is 4.99 Å². The van der Waals surface area contributed by atoms with Gasteiger partial charge >= 0.3 is 6.09 Å². The summed E-state index contributed by atoms with van der Waals surface area (Å²) in [6.45, 7) is 5.01. The third-order valence-electron chi connectivity index (χ3n) is 4.79. The number of aromatic nitrogens is 1. The summed E-state index contributed by atoms with van der Waals surface area (Å²) in [5.41, 5.74) is 0.450. The van der Waals surface area contributed by atoms with E-state index in [0.717, 1.165) is 0 Å². The summed E-state index contributed by atoms with van der Waals surface area (Å²) >= 11 is 1.34. The van der Waals surface area contributed by atoms with E-state index in [9.17, 15) is 13.6 Å². The van der Waals surface area contributed by atoms with Crippen LogP contribution in [0.5, 0.6) is 0 Å². The zero-order chi connectivity index (χ0) is 26.5. The number of rotatable bonds is 3. The van der Waals surface area contributed by atoms with E-state index in [0.29, 0.717) is 16.3 Å². The molecule has 2 aromatic rings. The highest BCUT2D eigenvalue weighted by molar-refractivity contribution is 8.14. The highest BCUT2D eigenvalue weighted by Crippen LogP contribution is 2.42. The topological polar surface area (TPSA) is 147 Å². The van der Waals surface area contributed by atoms with Crippen molar-refractivity contribution in [2.45, 2.75) is 43.8 Å². The average molecular weight is 516 g/mol.